The van der Waals surface area contributed by atoms with Crippen LogP contribution in [0.2, 0.25) is 0 Å². The number of benzene rings is 6. The van der Waals surface area contributed by atoms with Crippen molar-refractivity contribution in [2.45, 2.75) is 91.9 Å². The van der Waals surface area contributed by atoms with Crippen LogP contribution in [0, 0.1) is 12.1 Å². The Morgan fingerprint density at radius 2 is 1.21 bits per heavy atom. The summed E-state index contributed by atoms with van der Waals surface area (Å²) in [6.07, 6.45) is 1.79. The second-order valence-electron chi connectivity index (χ2n) is 20.0. The molecular weight excluding hydrogens is 997 g/mol. The molecule has 0 aliphatic heterocycles. The van der Waals surface area contributed by atoms with Crippen molar-refractivity contribution in [3.8, 4) is 50.7 Å². The molecule has 0 atom stereocenters. The van der Waals surface area contributed by atoms with Gasteiger partial charge < -0.3 is 14.0 Å². The van der Waals surface area contributed by atoms with Gasteiger partial charge in [-0.15, -0.1) is 54.1 Å². The number of aromatic nitrogens is 4. The number of para-hydroxylation sites is 2. The Kier molecular flexibility index (Phi) is 13.4. The van der Waals surface area contributed by atoms with Crippen LogP contribution in [-0.2, 0) is 30.9 Å². The fourth-order valence-corrected chi connectivity index (χ4v) is 8.70. The number of fused-ring (bicyclic) bond motifs is 4. The number of furan rings is 1. The van der Waals surface area contributed by atoms with Gasteiger partial charge in [-0.25, -0.2) is 4.98 Å². The van der Waals surface area contributed by atoms with Gasteiger partial charge in [0, 0.05) is 42.9 Å². The fourth-order valence-electron chi connectivity index (χ4n) is 8.70. The maximum Gasteiger partial charge on any atom is 0.216 e. The molecule has 6 aromatic carbocycles. The molecule has 10 aromatic rings. The Morgan fingerprint density at radius 1 is 0.552 bits per heavy atom. The normalized spacial score (nSPS) is 11.9. The van der Waals surface area contributed by atoms with E-state index < -0.39 is 0 Å². The summed E-state index contributed by atoms with van der Waals surface area (Å²) >= 11 is 0. The predicted molar refractivity (Wildman–Crippen MR) is 275 cm³/mol. The predicted octanol–water partition coefficient (Wildman–Crippen LogP) is 16.5. The van der Waals surface area contributed by atoms with Crippen LogP contribution in [0.1, 0.15) is 103 Å². The second-order valence-corrected chi connectivity index (χ2v) is 20.0. The number of hydrogen-bond acceptors (Lipinski definition) is 4. The van der Waals surface area contributed by atoms with Gasteiger partial charge in [0.25, 0.3) is 0 Å². The van der Waals surface area contributed by atoms with Crippen molar-refractivity contribution in [3.63, 3.8) is 0 Å². The first-order valence-corrected chi connectivity index (χ1v) is 23.2. The van der Waals surface area contributed by atoms with E-state index in [2.05, 4.69) is 194 Å². The summed E-state index contributed by atoms with van der Waals surface area (Å²) in [5.41, 5.74) is 17.0. The molecule has 4 aromatic heterocycles. The number of hydrogen-bond donors (Lipinski definition) is 0. The van der Waals surface area contributed by atoms with Crippen molar-refractivity contribution >= 4 is 33.1 Å². The van der Waals surface area contributed by atoms with Gasteiger partial charge in [-0.05, 0) is 116 Å². The maximum absolute atomic E-state index is 6.82. The molecule has 4 heterocycles. The van der Waals surface area contributed by atoms with Gasteiger partial charge in [-0.1, -0.05) is 141 Å². The molecule has 0 aliphatic rings. The first-order chi connectivity index (χ1) is 31.7. The van der Waals surface area contributed by atoms with E-state index in [0.29, 0.717) is 5.71 Å². The molecule has 0 N–H and O–H groups in total. The van der Waals surface area contributed by atoms with Crippen LogP contribution >= 0.6 is 0 Å². The molecular formula is C61H58IrN4O-2. The van der Waals surface area contributed by atoms with Gasteiger partial charge in [0.2, 0.25) is 5.71 Å². The summed E-state index contributed by atoms with van der Waals surface area (Å²) in [5, 5.41) is 1.98. The minimum absolute atomic E-state index is 0. The molecule has 0 saturated carbocycles. The number of pyridine rings is 2. The minimum Gasteiger partial charge on any atom is -0.486 e. The van der Waals surface area contributed by atoms with Crippen molar-refractivity contribution in [3.05, 3.63) is 192 Å². The Bertz CT molecular complexity index is 3220. The summed E-state index contributed by atoms with van der Waals surface area (Å²) in [6.45, 7) is 22.8. The molecule has 67 heavy (non-hydrogen) atoms. The third kappa shape index (κ3) is 9.57. The smallest absolute Gasteiger partial charge is 0.216 e. The summed E-state index contributed by atoms with van der Waals surface area (Å²) in [5.74, 6) is 1.34. The Hall–Kier alpha value is -6.46. The third-order valence-electron chi connectivity index (χ3n) is 12.4. The third-order valence-corrected chi connectivity index (χ3v) is 12.4. The average molecular weight is 1060 g/mol. The number of rotatable bonds is 7. The van der Waals surface area contributed by atoms with Gasteiger partial charge >= 0.3 is 0 Å². The standard InChI is InChI=1S/C50H50N3O.C11H8N.Ir/c1-30(2)40-27-33(32-17-12-11-13-18-32)28-41(31(3)4)45(40)53-44-22-15-14-21-43(44)51-47(53)39-20-16-19-37-38-23-24-42(52-48(38)54-46(37)39)34-25-35(49(5,6)7)29-36(26-34)50(8,9)10;1-2-6-10(7-3-1)11-8-4-5-9-12-11;/h11-19,21-31H,1-10H3;1-6,8-9H;/q2*-1;. The van der Waals surface area contributed by atoms with E-state index in [1.54, 1.807) is 6.20 Å². The zero-order valence-corrected chi connectivity index (χ0v) is 42.6. The Balaban J connectivity index is 0.000000405. The first kappa shape index (κ1) is 47.0. The number of imidazole rings is 1. The molecule has 10 rings (SSSR count). The second kappa shape index (κ2) is 19.0. The first-order valence-electron chi connectivity index (χ1n) is 23.2. The molecule has 1 radical (unpaired) electrons. The van der Waals surface area contributed by atoms with E-state index >= 15 is 0 Å². The van der Waals surface area contributed by atoms with E-state index in [1.165, 1.54) is 39.1 Å². The Labute approximate surface area is 409 Å². The molecule has 0 fully saturated rings. The maximum atomic E-state index is 6.82. The van der Waals surface area contributed by atoms with Crippen LogP contribution in [0.3, 0.4) is 0 Å². The summed E-state index contributed by atoms with van der Waals surface area (Å²) in [7, 11) is 0. The molecule has 0 saturated heterocycles. The van der Waals surface area contributed by atoms with Crippen LogP contribution in [0.15, 0.2) is 162 Å². The van der Waals surface area contributed by atoms with Gasteiger partial charge in [0.15, 0.2) is 0 Å². The molecule has 0 unspecified atom stereocenters. The Morgan fingerprint density at radius 3 is 1.84 bits per heavy atom. The zero-order valence-electron chi connectivity index (χ0n) is 40.2. The molecule has 0 bridgehead atoms. The largest absolute Gasteiger partial charge is 0.486 e. The average Bonchev–Trinajstić information content (AvgIpc) is 3.90. The van der Waals surface area contributed by atoms with Crippen LogP contribution in [0.5, 0.6) is 0 Å². The van der Waals surface area contributed by atoms with Crippen LogP contribution in [0.25, 0.3) is 83.8 Å². The van der Waals surface area contributed by atoms with Crippen molar-refractivity contribution < 1.29 is 24.5 Å². The quantitative estimate of drug-likeness (QED) is 0.149. The summed E-state index contributed by atoms with van der Waals surface area (Å²) in [6, 6.07) is 59.6. The molecule has 0 aliphatic carbocycles. The van der Waals surface area contributed by atoms with E-state index in [0.717, 1.165) is 61.3 Å². The monoisotopic (exact) mass is 1060 g/mol. The topological polar surface area (TPSA) is 56.7 Å². The van der Waals surface area contributed by atoms with Gasteiger partial charge in [-0.2, -0.15) is 0 Å². The van der Waals surface area contributed by atoms with Crippen LogP contribution in [0.4, 0.5) is 0 Å². The summed E-state index contributed by atoms with van der Waals surface area (Å²) in [4.78, 5) is 14.8. The van der Waals surface area contributed by atoms with Crippen LogP contribution in [-0.4, -0.2) is 19.5 Å². The molecule has 339 valence electrons. The van der Waals surface area contributed by atoms with Gasteiger partial charge in [-0.3, -0.25) is 4.98 Å². The minimum atomic E-state index is 0. The van der Waals surface area contributed by atoms with Crippen molar-refractivity contribution in [2.24, 2.45) is 0 Å². The molecule has 5 nitrogen and oxygen atoms in total. The van der Waals surface area contributed by atoms with Crippen molar-refractivity contribution in [1.82, 2.24) is 19.5 Å². The van der Waals surface area contributed by atoms with Gasteiger partial charge in [0.1, 0.15) is 0 Å². The van der Waals surface area contributed by atoms with E-state index in [1.807, 2.05) is 48.5 Å². The van der Waals surface area contributed by atoms with Crippen molar-refractivity contribution in [1.29, 1.82) is 0 Å². The van der Waals surface area contributed by atoms with Gasteiger partial charge in [0.05, 0.1) is 28.1 Å². The van der Waals surface area contributed by atoms with E-state index in [9.17, 15) is 0 Å². The molecule has 0 amide bonds. The number of nitrogens with zero attached hydrogens (tertiary/aromatic N) is 4. The molecule has 6 heteroatoms. The summed E-state index contributed by atoms with van der Waals surface area (Å²) < 4.78 is 9.18. The molecule has 0 spiro atoms. The zero-order chi connectivity index (χ0) is 46.3. The van der Waals surface area contributed by atoms with E-state index in [4.69, 9.17) is 14.4 Å². The van der Waals surface area contributed by atoms with E-state index in [-0.39, 0.29) is 42.8 Å². The SMILES string of the molecule is CC(C)c1cc(-c2ccccc2)cc(C(C)C)c1-n1c(-c2[c-]ccc3c2oc2nc(-c4cc(C(C)(C)C)cc(C(C)(C)C)c4)ccc23)nc2ccccc21.[Ir].[c-]1ccccc1-c1ccccn1. The fraction of sp³-hybridized carbons (Fsp3) is 0.230. The van der Waals surface area contributed by atoms with Crippen molar-refractivity contribution in [2.75, 3.05) is 0 Å². The van der Waals surface area contributed by atoms with Crippen LogP contribution < -0.4 is 0 Å².